The highest BCUT2D eigenvalue weighted by atomic mass is 79.9. The fraction of sp³-hybridized carbons (Fsp3) is 0.267. The highest BCUT2D eigenvalue weighted by Gasteiger charge is 2.23. The fourth-order valence-corrected chi connectivity index (χ4v) is 4.30. The number of anilines is 2. The summed E-state index contributed by atoms with van der Waals surface area (Å²) in [5.41, 5.74) is 3.10. The molecule has 1 amide bonds. The first-order valence-electron chi connectivity index (χ1n) is 12.5. The molecule has 0 atom stereocenters. The van der Waals surface area contributed by atoms with E-state index in [1.165, 1.54) is 4.68 Å². The van der Waals surface area contributed by atoms with Crippen LogP contribution in [0.5, 0.6) is 5.75 Å². The van der Waals surface area contributed by atoms with Gasteiger partial charge in [-0.25, -0.2) is 4.98 Å². The molecule has 9 heteroatoms. The lowest BCUT2D eigenvalue weighted by atomic mass is 9.95. The van der Waals surface area contributed by atoms with Gasteiger partial charge in [0.25, 0.3) is 11.5 Å². The van der Waals surface area contributed by atoms with Crippen molar-refractivity contribution in [2.45, 2.75) is 33.1 Å². The number of hydrogen-bond donors (Lipinski definition) is 1. The van der Waals surface area contributed by atoms with Crippen LogP contribution in [0.3, 0.4) is 0 Å². The molecule has 0 aliphatic carbocycles. The van der Waals surface area contributed by atoms with Crippen molar-refractivity contribution in [2.75, 3.05) is 30.9 Å². The smallest absolute Gasteiger partial charge is 0.282 e. The van der Waals surface area contributed by atoms with E-state index in [9.17, 15) is 9.59 Å². The Balaban J connectivity index is 1.70. The Bertz CT molecular complexity index is 1620. The SMILES string of the molecule is Cc1ccccc1NC(=O)COc1cc(N(C)C)ccc1C=Nn1c(C(C)(C)C)nc2ccc(Br)cc2c1=O. The van der Waals surface area contributed by atoms with Crippen LogP contribution in [0.2, 0.25) is 0 Å². The molecule has 3 aromatic carbocycles. The fourth-order valence-electron chi connectivity index (χ4n) is 3.94. The average molecular weight is 591 g/mol. The number of ether oxygens (including phenoxy) is 1. The van der Waals surface area contributed by atoms with Gasteiger partial charge in [-0.1, -0.05) is 54.9 Å². The van der Waals surface area contributed by atoms with Gasteiger partial charge in [-0.2, -0.15) is 9.78 Å². The second-order valence-corrected chi connectivity index (χ2v) is 11.4. The normalized spacial score (nSPS) is 11.7. The number of para-hydroxylation sites is 1. The number of benzene rings is 3. The lowest BCUT2D eigenvalue weighted by Crippen LogP contribution is -2.29. The van der Waals surface area contributed by atoms with Gasteiger partial charge in [-0.15, -0.1) is 0 Å². The third kappa shape index (κ3) is 6.54. The number of aromatic nitrogens is 2. The van der Waals surface area contributed by atoms with E-state index in [-0.39, 0.29) is 18.1 Å². The Morgan fingerprint density at radius 1 is 1.13 bits per heavy atom. The maximum absolute atomic E-state index is 13.5. The number of rotatable bonds is 7. The van der Waals surface area contributed by atoms with Gasteiger partial charge in [0.1, 0.15) is 11.6 Å². The average Bonchev–Trinajstić information content (AvgIpc) is 2.88. The monoisotopic (exact) mass is 589 g/mol. The van der Waals surface area contributed by atoms with Crippen LogP contribution in [-0.4, -0.2) is 42.5 Å². The summed E-state index contributed by atoms with van der Waals surface area (Å²) in [6, 6.07) is 18.6. The van der Waals surface area contributed by atoms with Crippen LogP contribution < -0.4 is 20.5 Å². The minimum atomic E-state index is -0.445. The lowest BCUT2D eigenvalue weighted by molar-refractivity contribution is -0.118. The number of nitrogens with one attached hydrogen (secondary N) is 1. The highest BCUT2D eigenvalue weighted by Crippen LogP contribution is 2.26. The highest BCUT2D eigenvalue weighted by molar-refractivity contribution is 9.10. The number of fused-ring (bicyclic) bond motifs is 1. The van der Waals surface area contributed by atoms with Gasteiger partial charge >= 0.3 is 0 Å². The Morgan fingerprint density at radius 3 is 2.56 bits per heavy atom. The topological polar surface area (TPSA) is 88.8 Å². The molecule has 202 valence electrons. The molecule has 0 aliphatic heterocycles. The number of amides is 1. The summed E-state index contributed by atoms with van der Waals surface area (Å²) < 4.78 is 8.09. The van der Waals surface area contributed by atoms with E-state index in [1.54, 1.807) is 12.3 Å². The minimum Gasteiger partial charge on any atom is -0.483 e. The molecule has 1 N–H and O–H groups in total. The van der Waals surface area contributed by atoms with Crippen LogP contribution in [0.15, 0.2) is 75.0 Å². The molecule has 0 bridgehead atoms. The molecule has 39 heavy (non-hydrogen) atoms. The van der Waals surface area contributed by atoms with Gasteiger partial charge in [0.15, 0.2) is 6.61 Å². The Labute approximate surface area is 236 Å². The van der Waals surface area contributed by atoms with Crippen molar-refractivity contribution in [3.63, 3.8) is 0 Å². The number of nitrogens with zero attached hydrogens (tertiary/aromatic N) is 4. The second-order valence-electron chi connectivity index (χ2n) is 10.5. The lowest BCUT2D eigenvalue weighted by Gasteiger charge is -2.21. The van der Waals surface area contributed by atoms with E-state index in [0.717, 1.165) is 21.4 Å². The number of carbonyl (C=O) groups excluding carboxylic acids is 1. The largest absolute Gasteiger partial charge is 0.483 e. The second kappa shape index (κ2) is 11.4. The molecule has 0 aliphatic rings. The predicted octanol–water partition coefficient (Wildman–Crippen LogP) is 5.73. The summed E-state index contributed by atoms with van der Waals surface area (Å²) in [7, 11) is 3.84. The number of halogens is 1. The Hall–Kier alpha value is -3.98. The maximum atomic E-state index is 13.5. The summed E-state index contributed by atoms with van der Waals surface area (Å²) >= 11 is 3.44. The van der Waals surface area contributed by atoms with Crippen molar-refractivity contribution in [2.24, 2.45) is 5.10 Å². The summed E-state index contributed by atoms with van der Waals surface area (Å²) in [5, 5.41) is 7.91. The van der Waals surface area contributed by atoms with E-state index in [2.05, 4.69) is 26.3 Å². The van der Waals surface area contributed by atoms with Crippen molar-refractivity contribution in [1.82, 2.24) is 9.66 Å². The molecule has 0 spiro atoms. The summed E-state index contributed by atoms with van der Waals surface area (Å²) in [6.07, 6.45) is 1.57. The van der Waals surface area contributed by atoms with E-state index >= 15 is 0 Å². The quantitative estimate of drug-likeness (QED) is 0.278. The zero-order valence-corrected chi connectivity index (χ0v) is 24.5. The Kier molecular flexibility index (Phi) is 8.20. The summed E-state index contributed by atoms with van der Waals surface area (Å²) in [4.78, 5) is 32.9. The molecule has 4 aromatic rings. The minimum absolute atomic E-state index is 0.190. The third-order valence-corrected chi connectivity index (χ3v) is 6.58. The maximum Gasteiger partial charge on any atom is 0.282 e. The third-order valence-electron chi connectivity index (χ3n) is 6.08. The first kappa shape index (κ1) is 28.0. The van der Waals surface area contributed by atoms with Crippen LogP contribution >= 0.6 is 15.9 Å². The van der Waals surface area contributed by atoms with Crippen LogP contribution in [0, 0.1) is 6.92 Å². The van der Waals surface area contributed by atoms with Crippen molar-refractivity contribution < 1.29 is 9.53 Å². The molecule has 1 aromatic heterocycles. The van der Waals surface area contributed by atoms with E-state index in [0.29, 0.717) is 28.0 Å². The molecule has 4 rings (SSSR count). The zero-order chi connectivity index (χ0) is 28.3. The molecular weight excluding hydrogens is 558 g/mol. The molecular formula is C30H32BrN5O3. The number of aryl methyl sites for hydroxylation is 1. The van der Waals surface area contributed by atoms with Crippen LogP contribution in [-0.2, 0) is 10.2 Å². The van der Waals surface area contributed by atoms with E-state index in [4.69, 9.17) is 9.72 Å². The van der Waals surface area contributed by atoms with Crippen LogP contribution in [0.1, 0.15) is 37.7 Å². The zero-order valence-electron chi connectivity index (χ0n) is 22.9. The van der Waals surface area contributed by atoms with Crippen molar-refractivity contribution in [3.05, 3.63) is 92.4 Å². The van der Waals surface area contributed by atoms with E-state index in [1.807, 2.05) is 101 Å². The van der Waals surface area contributed by atoms with Crippen LogP contribution in [0.25, 0.3) is 10.9 Å². The van der Waals surface area contributed by atoms with E-state index < -0.39 is 5.41 Å². The van der Waals surface area contributed by atoms with Gasteiger partial charge in [0.2, 0.25) is 0 Å². The van der Waals surface area contributed by atoms with Crippen molar-refractivity contribution in [3.8, 4) is 5.75 Å². The molecule has 0 fully saturated rings. The van der Waals surface area contributed by atoms with Crippen LogP contribution in [0.4, 0.5) is 11.4 Å². The van der Waals surface area contributed by atoms with Gasteiger partial charge in [-0.05, 0) is 48.9 Å². The standard InChI is InChI=1S/C30H32BrN5O3/c1-19-9-7-8-10-24(19)33-27(37)18-39-26-16-22(35(5)6)13-11-20(26)17-32-36-28(38)23-15-21(31)12-14-25(23)34-29(36)30(2,3)4/h7-17H,18H2,1-6H3,(H,33,37). The number of hydrogen-bond acceptors (Lipinski definition) is 6. The summed E-state index contributed by atoms with van der Waals surface area (Å²) in [5.74, 6) is 0.716. The Morgan fingerprint density at radius 2 is 1.87 bits per heavy atom. The van der Waals surface area contributed by atoms with Gasteiger partial charge in [0.05, 0.1) is 17.1 Å². The predicted molar refractivity (Wildman–Crippen MR) is 161 cm³/mol. The molecule has 0 saturated heterocycles. The number of carbonyl (C=O) groups is 1. The first-order valence-corrected chi connectivity index (χ1v) is 13.3. The molecule has 0 unspecified atom stereocenters. The van der Waals surface area contributed by atoms with Gasteiger partial charge in [-0.3, -0.25) is 9.59 Å². The first-order chi connectivity index (χ1) is 18.4. The summed E-state index contributed by atoms with van der Waals surface area (Å²) in [6.45, 7) is 7.70. The molecule has 0 radical (unpaired) electrons. The van der Waals surface area contributed by atoms with Gasteiger partial charge in [0, 0.05) is 47.0 Å². The van der Waals surface area contributed by atoms with Gasteiger partial charge < -0.3 is 15.0 Å². The molecule has 0 saturated carbocycles. The van der Waals surface area contributed by atoms with Crippen molar-refractivity contribution in [1.29, 1.82) is 0 Å². The van der Waals surface area contributed by atoms with Crippen molar-refractivity contribution >= 4 is 50.3 Å². The molecule has 8 nitrogen and oxygen atoms in total. The molecule has 1 heterocycles.